The van der Waals surface area contributed by atoms with Gasteiger partial charge in [0.25, 0.3) is 0 Å². The van der Waals surface area contributed by atoms with Gasteiger partial charge in [0.05, 0.1) is 0 Å². The first-order chi connectivity index (χ1) is 8.08. The van der Waals surface area contributed by atoms with Crippen molar-refractivity contribution in [3.63, 3.8) is 0 Å². The highest BCUT2D eigenvalue weighted by atomic mass is 79.9. The smallest absolute Gasteiger partial charge is 0.0246 e. The van der Waals surface area contributed by atoms with Gasteiger partial charge in [-0.15, -0.1) is 0 Å². The van der Waals surface area contributed by atoms with Crippen LogP contribution in [0.25, 0.3) is 0 Å². The first-order valence-electron chi connectivity index (χ1n) is 6.25. The van der Waals surface area contributed by atoms with Crippen LogP contribution in [0.4, 0.5) is 0 Å². The Bertz CT molecular complexity index is 368. The zero-order chi connectivity index (χ0) is 12.4. The van der Waals surface area contributed by atoms with Crippen molar-refractivity contribution in [3.8, 4) is 0 Å². The average Bonchev–Trinajstić information content (AvgIpc) is 2.29. The first kappa shape index (κ1) is 13.1. The van der Waals surface area contributed by atoms with E-state index in [1.54, 1.807) is 0 Å². The summed E-state index contributed by atoms with van der Waals surface area (Å²) in [7, 11) is 2.23. The molecule has 2 unspecified atom stereocenters. The molecular formula is C14H21BrN2. The highest BCUT2D eigenvalue weighted by Crippen LogP contribution is 2.21. The van der Waals surface area contributed by atoms with Crippen molar-refractivity contribution in [2.24, 2.45) is 0 Å². The zero-order valence-electron chi connectivity index (χ0n) is 10.9. The fourth-order valence-corrected chi connectivity index (χ4v) is 2.92. The van der Waals surface area contributed by atoms with Gasteiger partial charge in [0.15, 0.2) is 0 Å². The number of nitrogens with zero attached hydrogens (tertiary/aromatic N) is 2. The third-order valence-corrected chi connectivity index (χ3v) is 4.56. The Balaban J connectivity index is 2.03. The summed E-state index contributed by atoms with van der Waals surface area (Å²) >= 11 is 3.63. The third-order valence-electron chi connectivity index (χ3n) is 3.79. The predicted octanol–water partition coefficient (Wildman–Crippen LogP) is 2.97. The van der Waals surface area contributed by atoms with E-state index in [1.165, 1.54) is 10.0 Å². The zero-order valence-corrected chi connectivity index (χ0v) is 12.4. The summed E-state index contributed by atoms with van der Waals surface area (Å²) in [6.07, 6.45) is 0. The SMILES string of the molecule is CC1CN(Cc2ccccc2Br)CC(C)N1C. The predicted molar refractivity (Wildman–Crippen MR) is 76.1 cm³/mol. The number of likely N-dealkylation sites (N-methyl/N-ethyl adjacent to an activating group) is 1. The van der Waals surface area contributed by atoms with Crippen molar-refractivity contribution in [2.45, 2.75) is 32.5 Å². The van der Waals surface area contributed by atoms with E-state index in [0.29, 0.717) is 12.1 Å². The number of benzene rings is 1. The van der Waals surface area contributed by atoms with Gasteiger partial charge in [0.1, 0.15) is 0 Å². The Morgan fingerprint density at radius 1 is 1.18 bits per heavy atom. The number of rotatable bonds is 2. The lowest BCUT2D eigenvalue weighted by Gasteiger charge is -2.42. The lowest BCUT2D eigenvalue weighted by atomic mass is 10.1. The van der Waals surface area contributed by atoms with E-state index in [1.807, 2.05) is 0 Å². The minimum atomic E-state index is 0.640. The molecule has 0 amide bonds. The molecule has 0 N–H and O–H groups in total. The monoisotopic (exact) mass is 296 g/mol. The standard InChI is InChI=1S/C14H21BrN2/c1-11-8-17(9-12(2)16(11)3)10-13-6-4-5-7-14(13)15/h4-7,11-12H,8-10H2,1-3H3. The van der Waals surface area contributed by atoms with Crippen molar-refractivity contribution in [3.05, 3.63) is 34.3 Å². The first-order valence-corrected chi connectivity index (χ1v) is 7.05. The third kappa shape index (κ3) is 3.09. The van der Waals surface area contributed by atoms with Crippen molar-refractivity contribution >= 4 is 15.9 Å². The number of hydrogen-bond donors (Lipinski definition) is 0. The quantitative estimate of drug-likeness (QED) is 0.828. The van der Waals surface area contributed by atoms with Gasteiger partial charge in [-0.3, -0.25) is 9.80 Å². The normalized spacial score (nSPS) is 27.3. The summed E-state index contributed by atoms with van der Waals surface area (Å²) in [5.41, 5.74) is 1.39. The Kier molecular flexibility index (Phi) is 4.23. The molecule has 0 radical (unpaired) electrons. The molecule has 3 heteroatoms. The van der Waals surface area contributed by atoms with Gasteiger partial charge in [-0.25, -0.2) is 0 Å². The molecule has 17 heavy (non-hydrogen) atoms. The number of piperazine rings is 1. The Labute approximate surface area is 113 Å². The van der Waals surface area contributed by atoms with Gasteiger partial charge in [-0.1, -0.05) is 34.1 Å². The topological polar surface area (TPSA) is 6.48 Å². The molecule has 1 aliphatic rings. The van der Waals surface area contributed by atoms with Crippen LogP contribution in [-0.2, 0) is 6.54 Å². The Morgan fingerprint density at radius 2 is 1.76 bits per heavy atom. The van der Waals surface area contributed by atoms with E-state index in [9.17, 15) is 0 Å². The molecule has 0 aromatic heterocycles. The summed E-state index contributed by atoms with van der Waals surface area (Å²) < 4.78 is 1.22. The second kappa shape index (κ2) is 5.51. The molecular weight excluding hydrogens is 276 g/mol. The molecule has 0 aliphatic carbocycles. The van der Waals surface area contributed by atoms with Gasteiger partial charge >= 0.3 is 0 Å². The molecule has 1 fully saturated rings. The second-order valence-electron chi connectivity index (χ2n) is 5.15. The van der Waals surface area contributed by atoms with E-state index >= 15 is 0 Å². The van der Waals surface area contributed by atoms with Crippen LogP contribution in [-0.4, -0.2) is 42.0 Å². The second-order valence-corrected chi connectivity index (χ2v) is 6.00. The molecule has 0 bridgehead atoms. The van der Waals surface area contributed by atoms with Crippen molar-refractivity contribution in [1.29, 1.82) is 0 Å². The summed E-state index contributed by atoms with van der Waals surface area (Å²) in [5.74, 6) is 0. The molecule has 2 nitrogen and oxygen atoms in total. The minimum absolute atomic E-state index is 0.640. The van der Waals surface area contributed by atoms with Crippen LogP contribution in [0, 0.1) is 0 Å². The fraction of sp³-hybridized carbons (Fsp3) is 0.571. The van der Waals surface area contributed by atoms with Crippen LogP contribution in [0.1, 0.15) is 19.4 Å². The van der Waals surface area contributed by atoms with Gasteiger partial charge < -0.3 is 0 Å². The molecule has 0 saturated carbocycles. The van der Waals surface area contributed by atoms with Crippen LogP contribution in [0.3, 0.4) is 0 Å². The van der Waals surface area contributed by atoms with Crippen LogP contribution in [0.2, 0.25) is 0 Å². The van der Waals surface area contributed by atoms with Crippen molar-refractivity contribution in [1.82, 2.24) is 9.80 Å². The largest absolute Gasteiger partial charge is 0.298 e. The van der Waals surface area contributed by atoms with Gasteiger partial charge in [0.2, 0.25) is 0 Å². The molecule has 0 spiro atoms. The lowest BCUT2D eigenvalue weighted by molar-refractivity contribution is 0.0555. The maximum Gasteiger partial charge on any atom is 0.0246 e. The van der Waals surface area contributed by atoms with Crippen LogP contribution < -0.4 is 0 Å². The molecule has 1 heterocycles. The van der Waals surface area contributed by atoms with Crippen molar-refractivity contribution in [2.75, 3.05) is 20.1 Å². The van der Waals surface area contributed by atoms with Crippen LogP contribution >= 0.6 is 15.9 Å². The molecule has 94 valence electrons. The highest BCUT2D eigenvalue weighted by Gasteiger charge is 2.26. The Morgan fingerprint density at radius 3 is 2.35 bits per heavy atom. The van der Waals surface area contributed by atoms with Gasteiger partial charge in [-0.2, -0.15) is 0 Å². The summed E-state index contributed by atoms with van der Waals surface area (Å²) in [6.45, 7) is 7.97. The summed E-state index contributed by atoms with van der Waals surface area (Å²) in [4.78, 5) is 5.02. The minimum Gasteiger partial charge on any atom is -0.298 e. The molecule has 1 saturated heterocycles. The van der Waals surface area contributed by atoms with Gasteiger partial charge in [-0.05, 0) is 32.5 Å². The van der Waals surface area contributed by atoms with E-state index in [0.717, 1.165) is 19.6 Å². The van der Waals surface area contributed by atoms with Crippen molar-refractivity contribution < 1.29 is 0 Å². The van der Waals surface area contributed by atoms with Crippen LogP contribution in [0.15, 0.2) is 28.7 Å². The fourth-order valence-electron chi connectivity index (χ4n) is 2.51. The molecule has 1 aromatic rings. The van der Waals surface area contributed by atoms with E-state index in [-0.39, 0.29) is 0 Å². The molecule has 2 rings (SSSR count). The average molecular weight is 297 g/mol. The molecule has 2 atom stereocenters. The van der Waals surface area contributed by atoms with E-state index in [2.05, 4.69) is 70.9 Å². The molecule has 1 aromatic carbocycles. The van der Waals surface area contributed by atoms with E-state index in [4.69, 9.17) is 0 Å². The van der Waals surface area contributed by atoms with Crippen LogP contribution in [0.5, 0.6) is 0 Å². The maximum absolute atomic E-state index is 3.63. The van der Waals surface area contributed by atoms with Gasteiger partial charge in [0, 0.05) is 36.2 Å². The number of hydrogen-bond acceptors (Lipinski definition) is 2. The number of halogens is 1. The summed E-state index contributed by atoms with van der Waals surface area (Å²) in [5, 5.41) is 0. The molecule has 1 aliphatic heterocycles. The lowest BCUT2D eigenvalue weighted by Crippen LogP contribution is -2.54. The highest BCUT2D eigenvalue weighted by molar-refractivity contribution is 9.10. The van der Waals surface area contributed by atoms with E-state index < -0.39 is 0 Å². The Hall–Kier alpha value is -0.380. The summed E-state index contributed by atoms with van der Waals surface area (Å²) in [6, 6.07) is 9.80. The maximum atomic E-state index is 3.63.